The molecule has 1 aromatic rings. The van der Waals surface area contributed by atoms with E-state index in [2.05, 4.69) is 44.5 Å². The minimum Gasteiger partial charge on any atom is -0.355 e. The summed E-state index contributed by atoms with van der Waals surface area (Å²) in [6.07, 6.45) is 6.74. The number of nitrogens with zero attached hydrogens (tertiary/aromatic N) is 3. The highest BCUT2D eigenvalue weighted by Crippen LogP contribution is 2.13. The number of rotatable bonds is 5. The van der Waals surface area contributed by atoms with Gasteiger partial charge in [-0.25, -0.2) is 0 Å². The number of nitrogens with one attached hydrogen (secondary N) is 2. The van der Waals surface area contributed by atoms with Gasteiger partial charge in [0.1, 0.15) is 0 Å². The lowest BCUT2D eigenvalue weighted by molar-refractivity contribution is 0.309. The molecule has 0 spiro atoms. The molecule has 5 nitrogen and oxygen atoms in total. The molecule has 2 rings (SSSR count). The van der Waals surface area contributed by atoms with E-state index < -0.39 is 0 Å². The van der Waals surface area contributed by atoms with Gasteiger partial charge in [0.25, 0.3) is 0 Å². The molecule has 0 amide bonds. The van der Waals surface area contributed by atoms with Crippen molar-refractivity contribution in [2.75, 3.05) is 33.7 Å². The normalized spacial score (nSPS) is 19.7. The van der Waals surface area contributed by atoms with Crippen molar-refractivity contribution in [3.05, 3.63) is 24.5 Å². The van der Waals surface area contributed by atoms with Gasteiger partial charge >= 0.3 is 0 Å². The highest BCUT2D eigenvalue weighted by Gasteiger charge is 2.20. The van der Waals surface area contributed by atoms with Crippen molar-refractivity contribution >= 4 is 29.9 Å². The van der Waals surface area contributed by atoms with E-state index in [9.17, 15) is 0 Å². The van der Waals surface area contributed by atoms with Crippen LogP contribution in [0, 0.1) is 0 Å². The summed E-state index contributed by atoms with van der Waals surface area (Å²) >= 11 is 0. The molecular formula is C14H26IN5. The van der Waals surface area contributed by atoms with E-state index in [1.165, 1.54) is 19.4 Å². The zero-order valence-electron chi connectivity index (χ0n) is 12.4. The topological polar surface area (TPSA) is 44.6 Å². The maximum atomic E-state index is 4.26. The van der Waals surface area contributed by atoms with E-state index in [1.54, 1.807) is 0 Å². The van der Waals surface area contributed by atoms with Crippen LogP contribution in [0.5, 0.6) is 0 Å². The third-order valence-electron chi connectivity index (χ3n) is 3.73. The number of halogens is 1. The molecule has 0 bridgehead atoms. The summed E-state index contributed by atoms with van der Waals surface area (Å²) in [5.41, 5.74) is 0. The second-order valence-electron chi connectivity index (χ2n) is 5.08. The standard InChI is InChI=1S/C14H25N5.HI/c1-15-14(16-7-11-19-9-3-4-10-19)17-12-13-6-5-8-18(13)2;/h3-4,9-10,13H,5-8,11-12H2,1-2H3,(H2,15,16,17);1H. The summed E-state index contributed by atoms with van der Waals surface area (Å²) in [6, 6.07) is 4.73. The molecule has 1 aromatic heterocycles. The van der Waals surface area contributed by atoms with E-state index in [1.807, 2.05) is 19.2 Å². The van der Waals surface area contributed by atoms with Crippen LogP contribution in [0.1, 0.15) is 12.8 Å². The summed E-state index contributed by atoms with van der Waals surface area (Å²) < 4.78 is 2.16. The fourth-order valence-electron chi connectivity index (χ4n) is 2.49. The van der Waals surface area contributed by atoms with E-state index in [0.717, 1.165) is 25.6 Å². The van der Waals surface area contributed by atoms with E-state index >= 15 is 0 Å². The van der Waals surface area contributed by atoms with Crippen molar-refractivity contribution in [3.8, 4) is 0 Å². The Labute approximate surface area is 138 Å². The van der Waals surface area contributed by atoms with Crippen LogP contribution in [-0.2, 0) is 6.54 Å². The van der Waals surface area contributed by atoms with E-state index in [0.29, 0.717) is 6.04 Å². The average Bonchev–Trinajstić information content (AvgIpc) is 3.05. The average molecular weight is 391 g/mol. The van der Waals surface area contributed by atoms with E-state index in [-0.39, 0.29) is 24.0 Å². The number of aromatic nitrogens is 1. The van der Waals surface area contributed by atoms with Crippen LogP contribution < -0.4 is 10.6 Å². The SMILES string of the molecule is CN=C(NCCn1cccc1)NCC1CCCN1C.I. The Hall–Kier alpha value is -0.760. The summed E-state index contributed by atoms with van der Waals surface area (Å²) in [6.45, 7) is 4.03. The maximum Gasteiger partial charge on any atom is 0.191 e. The zero-order valence-corrected chi connectivity index (χ0v) is 14.7. The van der Waals surface area contributed by atoms with Crippen LogP contribution in [0.25, 0.3) is 0 Å². The first-order valence-electron chi connectivity index (χ1n) is 7.05. The van der Waals surface area contributed by atoms with Gasteiger partial charge in [-0.3, -0.25) is 4.99 Å². The van der Waals surface area contributed by atoms with Crippen molar-refractivity contribution in [1.29, 1.82) is 0 Å². The largest absolute Gasteiger partial charge is 0.355 e. The monoisotopic (exact) mass is 391 g/mol. The number of guanidine groups is 1. The van der Waals surface area contributed by atoms with Crippen LogP contribution in [-0.4, -0.2) is 55.2 Å². The van der Waals surface area contributed by atoms with Crippen LogP contribution in [0.3, 0.4) is 0 Å². The highest BCUT2D eigenvalue weighted by atomic mass is 127. The Morgan fingerprint density at radius 1 is 1.30 bits per heavy atom. The Kier molecular flexibility index (Phi) is 7.98. The molecule has 20 heavy (non-hydrogen) atoms. The lowest BCUT2D eigenvalue weighted by Crippen LogP contribution is -2.44. The van der Waals surface area contributed by atoms with Gasteiger partial charge < -0.3 is 20.1 Å². The first-order valence-corrected chi connectivity index (χ1v) is 7.05. The molecule has 2 heterocycles. The van der Waals surface area contributed by atoms with Gasteiger partial charge in [-0.15, -0.1) is 24.0 Å². The molecule has 1 unspecified atom stereocenters. The Morgan fingerprint density at radius 3 is 2.65 bits per heavy atom. The molecular weight excluding hydrogens is 365 g/mol. The number of likely N-dealkylation sites (tertiary alicyclic amines) is 1. The molecule has 0 radical (unpaired) electrons. The van der Waals surface area contributed by atoms with Crippen molar-refractivity contribution in [1.82, 2.24) is 20.1 Å². The third kappa shape index (κ3) is 5.32. The van der Waals surface area contributed by atoms with Gasteiger partial charge in [0.2, 0.25) is 0 Å². The van der Waals surface area contributed by atoms with Gasteiger partial charge in [0.05, 0.1) is 0 Å². The van der Waals surface area contributed by atoms with Gasteiger partial charge in [0, 0.05) is 45.1 Å². The minimum atomic E-state index is 0. The second-order valence-corrected chi connectivity index (χ2v) is 5.08. The van der Waals surface area contributed by atoms with Gasteiger partial charge in [-0.05, 0) is 38.6 Å². The molecule has 2 N–H and O–H groups in total. The van der Waals surface area contributed by atoms with Gasteiger partial charge in [-0.1, -0.05) is 0 Å². The Balaban J connectivity index is 0.00000200. The first-order chi connectivity index (χ1) is 9.29. The lowest BCUT2D eigenvalue weighted by atomic mass is 10.2. The number of likely N-dealkylation sites (N-methyl/N-ethyl adjacent to an activating group) is 1. The fraction of sp³-hybridized carbons (Fsp3) is 0.643. The summed E-state index contributed by atoms with van der Waals surface area (Å²) in [5, 5.41) is 6.76. The highest BCUT2D eigenvalue weighted by molar-refractivity contribution is 14.0. The van der Waals surface area contributed by atoms with Crippen LogP contribution >= 0.6 is 24.0 Å². The first kappa shape index (κ1) is 17.3. The number of aliphatic imine (C=N–C) groups is 1. The smallest absolute Gasteiger partial charge is 0.191 e. The predicted octanol–water partition coefficient (Wildman–Crippen LogP) is 1.37. The summed E-state index contributed by atoms with van der Waals surface area (Å²) in [4.78, 5) is 6.68. The van der Waals surface area contributed by atoms with Crippen molar-refractivity contribution < 1.29 is 0 Å². The quantitative estimate of drug-likeness (QED) is 0.453. The second kappa shape index (κ2) is 9.23. The van der Waals surface area contributed by atoms with Crippen LogP contribution in [0.2, 0.25) is 0 Å². The molecule has 1 aliphatic heterocycles. The molecule has 114 valence electrons. The Morgan fingerprint density at radius 2 is 2.05 bits per heavy atom. The number of hydrogen-bond donors (Lipinski definition) is 2. The van der Waals surface area contributed by atoms with Crippen molar-refractivity contribution in [2.24, 2.45) is 4.99 Å². The van der Waals surface area contributed by atoms with Crippen molar-refractivity contribution in [3.63, 3.8) is 0 Å². The summed E-state index contributed by atoms with van der Waals surface area (Å²) in [5.74, 6) is 0.896. The minimum absolute atomic E-state index is 0. The van der Waals surface area contributed by atoms with Crippen LogP contribution in [0.4, 0.5) is 0 Å². The van der Waals surface area contributed by atoms with Gasteiger partial charge in [-0.2, -0.15) is 0 Å². The Bertz CT molecular complexity index is 390. The predicted molar refractivity (Wildman–Crippen MR) is 94.9 cm³/mol. The lowest BCUT2D eigenvalue weighted by Gasteiger charge is -2.21. The van der Waals surface area contributed by atoms with Crippen LogP contribution in [0.15, 0.2) is 29.5 Å². The van der Waals surface area contributed by atoms with Gasteiger partial charge in [0.15, 0.2) is 5.96 Å². The fourth-order valence-corrected chi connectivity index (χ4v) is 2.49. The molecule has 1 atom stereocenters. The molecule has 0 saturated carbocycles. The summed E-state index contributed by atoms with van der Waals surface area (Å²) in [7, 11) is 4.02. The molecule has 1 saturated heterocycles. The van der Waals surface area contributed by atoms with Crippen molar-refractivity contribution in [2.45, 2.75) is 25.4 Å². The molecule has 6 heteroatoms. The molecule has 0 aromatic carbocycles. The molecule has 0 aliphatic carbocycles. The molecule has 1 fully saturated rings. The third-order valence-corrected chi connectivity index (χ3v) is 3.73. The maximum absolute atomic E-state index is 4.26. The van der Waals surface area contributed by atoms with E-state index in [4.69, 9.17) is 0 Å². The number of hydrogen-bond acceptors (Lipinski definition) is 2. The molecule has 1 aliphatic rings. The zero-order chi connectivity index (χ0) is 13.5.